The molecule has 0 aliphatic rings. The predicted octanol–water partition coefficient (Wildman–Crippen LogP) is 2.26. The average Bonchev–Trinajstić information content (AvgIpc) is 3.03. The normalized spacial score (nSPS) is 10.3. The van der Waals surface area contributed by atoms with Crippen molar-refractivity contribution < 1.29 is 14.3 Å². The van der Waals surface area contributed by atoms with E-state index in [2.05, 4.69) is 9.59 Å². The summed E-state index contributed by atoms with van der Waals surface area (Å²) in [5.41, 5.74) is 0.748. The summed E-state index contributed by atoms with van der Waals surface area (Å²) < 4.78 is 14.6. The molecule has 0 N–H and O–H groups in total. The van der Waals surface area contributed by atoms with Gasteiger partial charge in [-0.25, -0.2) is 0 Å². The van der Waals surface area contributed by atoms with Crippen LogP contribution in [-0.2, 0) is 6.42 Å². The zero-order chi connectivity index (χ0) is 15.9. The predicted molar refractivity (Wildman–Crippen MR) is 84.7 cm³/mol. The first-order valence-corrected chi connectivity index (χ1v) is 7.76. The third-order valence-corrected chi connectivity index (χ3v) is 3.94. The molecule has 2 rings (SSSR count). The Kier molecular flexibility index (Phi) is 5.71. The number of methoxy groups -OCH3 is 1. The second kappa shape index (κ2) is 7.74. The van der Waals surface area contributed by atoms with Crippen molar-refractivity contribution in [3.63, 3.8) is 0 Å². The summed E-state index contributed by atoms with van der Waals surface area (Å²) in [6, 6.07) is 7.34. The summed E-state index contributed by atoms with van der Waals surface area (Å²) in [5, 5.41) is 3.96. The maximum absolute atomic E-state index is 12.3. The van der Waals surface area contributed by atoms with Gasteiger partial charge in [0.05, 0.1) is 19.3 Å². The molecule has 0 aliphatic carbocycles. The lowest BCUT2D eigenvalue weighted by Gasteiger charge is -2.16. The van der Waals surface area contributed by atoms with E-state index in [1.165, 1.54) is 0 Å². The molecule has 7 heteroatoms. The third kappa shape index (κ3) is 3.94. The zero-order valence-electron chi connectivity index (χ0n) is 12.9. The van der Waals surface area contributed by atoms with Crippen molar-refractivity contribution in [2.24, 2.45) is 0 Å². The first-order chi connectivity index (χ1) is 10.7. The third-order valence-electron chi connectivity index (χ3n) is 3.19. The molecule has 1 aromatic carbocycles. The SMILES string of the molecule is CCc1nnsc1C(=O)N(C)CCOc1ccc(OC)cc1. The van der Waals surface area contributed by atoms with E-state index in [4.69, 9.17) is 9.47 Å². The second-order valence-electron chi connectivity index (χ2n) is 4.65. The molecular formula is C15H19N3O3S. The van der Waals surface area contributed by atoms with E-state index in [1.54, 1.807) is 19.1 Å². The maximum atomic E-state index is 12.3. The Bertz CT molecular complexity index is 613. The summed E-state index contributed by atoms with van der Waals surface area (Å²) >= 11 is 1.14. The largest absolute Gasteiger partial charge is 0.497 e. The first-order valence-electron chi connectivity index (χ1n) is 6.99. The van der Waals surface area contributed by atoms with Crippen LogP contribution in [0, 0.1) is 0 Å². The Morgan fingerprint density at radius 3 is 2.59 bits per heavy atom. The summed E-state index contributed by atoms with van der Waals surface area (Å²) in [6.07, 6.45) is 0.702. The average molecular weight is 321 g/mol. The fourth-order valence-electron chi connectivity index (χ4n) is 1.85. The van der Waals surface area contributed by atoms with Crippen molar-refractivity contribution in [2.45, 2.75) is 13.3 Å². The van der Waals surface area contributed by atoms with E-state index < -0.39 is 0 Å². The topological polar surface area (TPSA) is 64.6 Å². The number of aryl methyl sites for hydroxylation is 1. The Morgan fingerprint density at radius 2 is 1.95 bits per heavy atom. The van der Waals surface area contributed by atoms with Crippen LogP contribution in [0.15, 0.2) is 24.3 Å². The van der Waals surface area contributed by atoms with E-state index in [1.807, 2.05) is 31.2 Å². The van der Waals surface area contributed by atoms with Gasteiger partial charge in [0.1, 0.15) is 23.0 Å². The van der Waals surface area contributed by atoms with E-state index >= 15 is 0 Å². The van der Waals surface area contributed by atoms with Gasteiger partial charge in [-0.15, -0.1) is 5.10 Å². The van der Waals surface area contributed by atoms with Gasteiger partial charge in [-0.2, -0.15) is 0 Å². The Labute approximate surface area is 133 Å². The van der Waals surface area contributed by atoms with Gasteiger partial charge in [0, 0.05) is 7.05 Å². The molecule has 2 aromatic rings. The Morgan fingerprint density at radius 1 is 1.27 bits per heavy atom. The summed E-state index contributed by atoms with van der Waals surface area (Å²) in [6.45, 7) is 2.87. The van der Waals surface area contributed by atoms with E-state index in [0.717, 1.165) is 28.7 Å². The molecule has 1 amide bonds. The number of carbonyl (C=O) groups excluding carboxylic acids is 1. The lowest BCUT2D eigenvalue weighted by atomic mass is 10.3. The molecule has 0 radical (unpaired) electrons. The minimum absolute atomic E-state index is 0.0646. The van der Waals surface area contributed by atoms with Crippen molar-refractivity contribution >= 4 is 17.4 Å². The number of amides is 1. The van der Waals surface area contributed by atoms with Gasteiger partial charge in [-0.3, -0.25) is 4.79 Å². The molecule has 0 aliphatic heterocycles. The van der Waals surface area contributed by atoms with Gasteiger partial charge in [0.25, 0.3) is 5.91 Å². The summed E-state index contributed by atoms with van der Waals surface area (Å²) in [5.74, 6) is 1.46. The molecule has 0 spiro atoms. The molecule has 22 heavy (non-hydrogen) atoms. The Hall–Kier alpha value is -2.15. The van der Waals surface area contributed by atoms with Gasteiger partial charge < -0.3 is 14.4 Å². The molecule has 118 valence electrons. The number of ether oxygens (including phenoxy) is 2. The number of benzene rings is 1. The number of rotatable bonds is 7. The van der Waals surface area contributed by atoms with Crippen LogP contribution < -0.4 is 9.47 Å². The number of aromatic nitrogens is 2. The van der Waals surface area contributed by atoms with Crippen LogP contribution in [0.5, 0.6) is 11.5 Å². The van der Waals surface area contributed by atoms with Crippen molar-refractivity contribution in [1.29, 1.82) is 0 Å². The minimum atomic E-state index is -0.0646. The molecular weight excluding hydrogens is 302 g/mol. The highest BCUT2D eigenvalue weighted by Crippen LogP contribution is 2.17. The second-order valence-corrected chi connectivity index (χ2v) is 5.41. The molecule has 0 fully saturated rings. The van der Waals surface area contributed by atoms with Gasteiger partial charge in [-0.05, 0) is 42.2 Å². The number of hydrogen-bond acceptors (Lipinski definition) is 6. The Balaban J connectivity index is 1.84. The van der Waals surface area contributed by atoms with Crippen molar-refractivity contribution in [1.82, 2.24) is 14.5 Å². The van der Waals surface area contributed by atoms with E-state index in [0.29, 0.717) is 24.4 Å². The zero-order valence-corrected chi connectivity index (χ0v) is 13.7. The van der Waals surface area contributed by atoms with Crippen LogP contribution in [0.4, 0.5) is 0 Å². The molecule has 0 unspecified atom stereocenters. The fourth-order valence-corrected chi connectivity index (χ4v) is 2.60. The van der Waals surface area contributed by atoms with E-state index in [-0.39, 0.29) is 5.91 Å². The van der Waals surface area contributed by atoms with Crippen molar-refractivity contribution in [3.8, 4) is 11.5 Å². The summed E-state index contributed by atoms with van der Waals surface area (Å²) in [7, 11) is 3.37. The van der Waals surface area contributed by atoms with E-state index in [9.17, 15) is 4.79 Å². The quantitative estimate of drug-likeness (QED) is 0.782. The number of nitrogens with zero attached hydrogens (tertiary/aromatic N) is 3. The highest BCUT2D eigenvalue weighted by atomic mass is 32.1. The maximum Gasteiger partial charge on any atom is 0.267 e. The molecule has 1 heterocycles. The number of hydrogen-bond donors (Lipinski definition) is 0. The van der Waals surface area contributed by atoms with Gasteiger partial charge in [0.15, 0.2) is 0 Å². The standard InChI is InChI=1S/C15H19N3O3S/c1-4-13-14(22-17-16-13)15(19)18(2)9-10-21-12-7-5-11(20-3)6-8-12/h5-8H,4,9-10H2,1-3H3. The molecule has 0 bridgehead atoms. The van der Waals surface area contributed by atoms with Crippen molar-refractivity contribution in [3.05, 3.63) is 34.8 Å². The lowest BCUT2D eigenvalue weighted by molar-refractivity contribution is 0.0777. The van der Waals surface area contributed by atoms with Crippen LogP contribution >= 0.6 is 11.5 Å². The molecule has 0 saturated carbocycles. The monoisotopic (exact) mass is 321 g/mol. The minimum Gasteiger partial charge on any atom is -0.497 e. The molecule has 6 nitrogen and oxygen atoms in total. The van der Waals surface area contributed by atoms with Crippen LogP contribution in [0.1, 0.15) is 22.3 Å². The lowest BCUT2D eigenvalue weighted by Crippen LogP contribution is -2.30. The highest BCUT2D eigenvalue weighted by Gasteiger charge is 2.18. The van der Waals surface area contributed by atoms with Crippen LogP contribution in [-0.4, -0.2) is 47.7 Å². The van der Waals surface area contributed by atoms with Crippen LogP contribution in [0.3, 0.4) is 0 Å². The first kappa shape index (κ1) is 16.2. The molecule has 0 atom stereocenters. The van der Waals surface area contributed by atoms with Gasteiger partial charge in [0.2, 0.25) is 0 Å². The van der Waals surface area contributed by atoms with Crippen LogP contribution in [0.2, 0.25) is 0 Å². The highest BCUT2D eigenvalue weighted by molar-refractivity contribution is 7.07. The number of likely N-dealkylation sites (N-methyl/N-ethyl adjacent to an activating group) is 1. The smallest absolute Gasteiger partial charge is 0.267 e. The van der Waals surface area contributed by atoms with Gasteiger partial charge >= 0.3 is 0 Å². The van der Waals surface area contributed by atoms with Crippen LogP contribution in [0.25, 0.3) is 0 Å². The molecule has 0 saturated heterocycles. The molecule has 1 aromatic heterocycles. The van der Waals surface area contributed by atoms with Crippen molar-refractivity contribution in [2.75, 3.05) is 27.3 Å². The van der Waals surface area contributed by atoms with Gasteiger partial charge in [-0.1, -0.05) is 11.4 Å². The summed E-state index contributed by atoms with van der Waals surface area (Å²) in [4.78, 5) is 14.5. The number of carbonyl (C=O) groups is 1. The fraction of sp³-hybridized carbons (Fsp3) is 0.400.